The van der Waals surface area contributed by atoms with Crippen LogP contribution >= 0.6 is 11.6 Å². The topological polar surface area (TPSA) is 55.5 Å². The molecule has 0 saturated carbocycles. The second kappa shape index (κ2) is 10.6. The third kappa shape index (κ3) is 5.66. The van der Waals surface area contributed by atoms with Crippen molar-refractivity contribution in [1.29, 1.82) is 0 Å². The van der Waals surface area contributed by atoms with Crippen LogP contribution < -0.4 is 19.4 Å². The maximum Gasteiger partial charge on any atom is 0.487 e. The zero-order chi connectivity index (χ0) is 26.0. The molecule has 0 unspecified atom stereocenters. The van der Waals surface area contributed by atoms with E-state index in [2.05, 4.69) is 53.3 Å². The number of imide groups is 1. The lowest BCUT2D eigenvalue weighted by Crippen LogP contribution is -3.30. The molecule has 2 saturated heterocycles. The molecule has 2 heterocycles. The molecule has 0 aromatic heterocycles. The molecule has 3 aromatic rings. The lowest BCUT2D eigenvalue weighted by atomic mass is 9.96. The van der Waals surface area contributed by atoms with E-state index in [9.17, 15) is 18.4 Å². The Morgan fingerprint density at radius 2 is 1.38 bits per heavy atom. The van der Waals surface area contributed by atoms with Gasteiger partial charge in [-0.05, 0) is 24.3 Å². The maximum atomic E-state index is 13.3. The average Bonchev–Trinajstić information content (AvgIpc) is 3.19. The number of nitrogens with one attached hydrogen (secondary N) is 2. The summed E-state index contributed by atoms with van der Waals surface area (Å²) < 4.78 is 30.1. The monoisotopic (exact) mass is 527 g/mol. The molecule has 2 N–H and O–H groups in total. The Balaban J connectivity index is 1.27. The molecule has 0 radical (unpaired) electrons. The Hall–Kier alpha value is -3.33. The minimum Gasteiger partial charge on any atom is -0.420 e. The van der Waals surface area contributed by atoms with Crippen molar-refractivity contribution in [3.05, 3.63) is 96.1 Å². The van der Waals surface area contributed by atoms with Crippen LogP contribution in [-0.4, -0.2) is 49.6 Å². The molecule has 0 aliphatic carbocycles. The zero-order valence-corrected chi connectivity index (χ0v) is 20.8. The van der Waals surface area contributed by atoms with Crippen LogP contribution in [0.25, 0.3) is 0 Å². The number of piperazine rings is 1. The van der Waals surface area contributed by atoms with Gasteiger partial charge in [-0.25, -0.2) is 4.90 Å². The number of amides is 2. The number of hydrogen-bond acceptors (Lipinski definition) is 3. The number of benzene rings is 3. The van der Waals surface area contributed by atoms with Crippen molar-refractivity contribution in [1.82, 2.24) is 0 Å². The highest BCUT2D eigenvalue weighted by Crippen LogP contribution is 2.29. The number of hydrogen-bond donors (Lipinski definition) is 2. The third-order valence-electron chi connectivity index (χ3n) is 7.18. The highest BCUT2D eigenvalue weighted by molar-refractivity contribution is 6.22. The van der Waals surface area contributed by atoms with E-state index in [4.69, 9.17) is 11.6 Å². The van der Waals surface area contributed by atoms with Crippen LogP contribution in [0, 0.1) is 0 Å². The van der Waals surface area contributed by atoms with Gasteiger partial charge in [-0.3, -0.25) is 9.59 Å². The van der Waals surface area contributed by atoms with Crippen LogP contribution in [0.2, 0.25) is 0 Å². The molecular weight excluding hydrogens is 500 g/mol. The molecule has 2 aliphatic heterocycles. The van der Waals surface area contributed by atoms with Crippen molar-refractivity contribution in [2.75, 3.05) is 31.1 Å². The number of halogens is 3. The summed E-state index contributed by atoms with van der Waals surface area (Å²) in [7, 11) is 0. The van der Waals surface area contributed by atoms with Crippen LogP contribution in [0.4, 0.5) is 14.5 Å². The lowest BCUT2D eigenvalue weighted by Gasteiger charge is -2.36. The number of quaternary nitrogens is 2. The molecule has 0 bridgehead atoms. The number of rotatable bonds is 7. The minimum atomic E-state index is -3.83. The summed E-state index contributed by atoms with van der Waals surface area (Å²) >= 11 is 4.81. The maximum absolute atomic E-state index is 13.3. The molecule has 1 atom stereocenters. The molecule has 37 heavy (non-hydrogen) atoms. The van der Waals surface area contributed by atoms with Crippen LogP contribution in [0.15, 0.2) is 84.9 Å². The quantitative estimate of drug-likeness (QED) is 0.365. The molecule has 0 spiro atoms. The van der Waals surface area contributed by atoms with Gasteiger partial charge < -0.3 is 14.5 Å². The number of anilines is 1. The predicted molar refractivity (Wildman–Crippen MR) is 135 cm³/mol. The lowest BCUT2D eigenvalue weighted by molar-refractivity contribution is -1.03. The largest absolute Gasteiger partial charge is 0.487 e. The van der Waals surface area contributed by atoms with Crippen molar-refractivity contribution < 1.29 is 32.9 Å². The van der Waals surface area contributed by atoms with Crippen LogP contribution in [0.5, 0.6) is 5.75 Å². The van der Waals surface area contributed by atoms with E-state index in [0.717, 1.165) is 36.0 Å². The predicted octanol–water partition coefficient (Wildman–Crippen LogP) is 2.06. The number of alkyl halides is 3. The van der Waals surface area contributed by atoms with Gasteiger partial charge in [-0.1, -0.05) is 60.7 Å². The summed E-state index contributed by atoms with van der Waals surface area (Å²) in [6.07, 6.45) is 0.127. The summed E-state index contributed by atoms with van der Waals surface area (Å²) in [5, 5.41) is 0. The molecule has 3 aromatic carbocycles. The molecule has 192 valence electrons. The minimum absolute atomic E-state index is 0.127. The first-order valence-electron chi connectivity index (χ1n) is 12.3. The highest BCUT2D eigenvalue weighted by atomic mass is 35.5. The van der Waals surface area contributed by atoms with E-state index >= 15 is 0 Å². The summed E-state index contributed by atoms with van der Waals surface area (Å²) in [6.45, 7) is 3.25. The summed E-state index contributed by atoms with van der Waals surface area (Å²) in [5.41, 5.74) is -0.992. The molecule has 6 nitrogen and oxygen atoms in total. The Morgan fingerprint density at radius 3 is 1.89 bits per heavy atom. The van der Waals surface area contributed by atoms with E-state index < -0.39 is 11.6 Å². The molecule has 2 fully saturated rings. The Bertz CT molecular complexity index is 1190. The van der Waals surface area contributed by atoms with Crippen LogP contribution in [0.3, 0.4) is 0 Å². The summed E-state index contributed by atoms with van der Waals surface area (Å²) in [6, 6.07) is 26.0. The van der Waals surface area contributed by atoms with Gasteiger partial charge in [0.15, 0.2) is 6.04 Å². The van der Waals surface area contributed by atoms with Gasteiger partial charge in [0.1, 0.15) is 38.0 Å². The first-order valence-corrected chi connectivity index (χ1v) is 12.7. The number of carbonyl (C=O) groups excluding carboxylic acids is 2. The van der Waals surface area contributed by atoms with Crippen molar-refractivity contribution in [2.45, 2.75) is 24.1 Å². The Morgan fingerprint density at radius 1 is 0.838 bits per heavy atom. The fraction of sp³-hybridized carbons (Fsp3) is 0.286. The van der Waals surface area contributed by atoms with Gasteiger partial charge >= 0.3 is 5.57 Å². The smallest absolute Gasteiger partial charge is 0.420 e. The second-order valence-electron chi connectivity index (χ2n) is 9.44. The van der Waals surface area contributed by atoms with E-state index in [1.54, 1.807) is 0 Å². The zero-order valence-electron chi connectivity index (χ0n) is 20.1. The van der Waals surface area contributed by atoms with E-state index in [-0.39, 0.29) is 30.0 Å². The summed E-state index contributed by atoms with van der Waals surface area (Å²) in [5.74, 6) is -0.710. The third-order valence-corrected chi connectivity index (χ3v) is 7.25. The average molecular weight is 528 g/mol. The molecule has 9 heteroatoms. The normalized spacial score (nSPS) is 22.5. The first kappa shape index (κ1) is 25.3. The van der Waals surface area contributed by atoms with Crippen LogP contribution in [0.1, 0.15) is 23.6 Å². The number of carbonyl (C=O) groups is 2. The van der Waals surface area contributed by atoms with Gasteiger partial charge in [-0.15, -0.1) is 8.78 Å². The Labute approximate surface area is 219 Å². The van der Waals surface area contributed by atoms with E-state index in [1.807, 2.05) is 12.1 Å². The van der Waals surface area contributed by atoms with Crippen molar-refractivity contribution in [3.8, 4) is 5.75 Å². The molecule has 5 rings (SSSR count). The molecule has 2 aliphatic rings. The fourth-order valence-electron chi connectivity index (χ4n) is 5.50. The van der Waals surface area contributed by atoms with E-state index in [0.29, 0.717) is 5.69 Å². The van der Waals surface area contributed by atoms with E-state index in [1.165, 1.54) is 40.3 Å². The van der Waals surface area contributed by atoms with Gasteiger partial charge in [0.2, 0.25) is 5.91 Å². The van der Waals surface area contributed by atoms with Gasteiger partial charge in [0, 0.05) is 22.7 Å². The van der Waals surface area contributed by atoms with Crippen molar-refractivity contribution in [3.63, 3.8) is 0 Å². The number of ether oxygens (including phenoxy) is 1. The van der Waals surface area contributed by atoms with Gasteiger partial charge in [0.05, 0.1) is 12.1 Å². The van der Waals surface area contributed by atoms with Crippen molar-refractivity contribution >= 4 is 29.1 Å². The van der Waals surface area contributed by atoms with Gasteiger partial charge in [-0.2, -0.15) is 0 Å². The SMILES string of the molecule is O=C1C[C@@H]([NH+]2CC[NH+](C(c3ccccc3)c3ccccc3)CC2)C(=O)N1c1ccc(OC(F)(F)Cl)cc1. The van der Waals surface area contributed by atoms with Crippen LogP contribution in [-0.2, 0) is 9.59 Å². The molecular formula is C28H28ClF2N3O3+2. The highest BCUT2D eigenvalue weighted by Gasteiger charge is 2.47. The second-order valence-corrected chi connectivity index (χ2v) is 9.88. The fourth-order valence-corrected chi connectivity index (χ4v) is 5.59. The van der Waals surface area contributed by atoms with Crippen molar-refractivity contribution in [2.24, 2.45) is 0 Å². The standard InChI is InChI=1S/C28H26ClF2N3O3/c29-28(30,31)37-23-13-11-22(12-14-23)34-25(35)19-24(27(34)36)32-15-17-33(18-16-32)26(20-7-3-1-4-8-20)21-9-5-2-6-10-21/h1-14,24,26H,15-19H2/p+2/t24-/m1/s1. The summed E-state index contributed by atoms with van der Waals surface area (Å²) in [4.78, 5) is 29.8. The first-order chi connectivity index (χ1) is 17.8. The Kier molecular flexibility index (Phi) is 7.24. The van der Waals surface area contributed by atoms with Gasteiger partial charge in [0.25, 0.3) is 5.91 Å². The number of nitrogens with zero attached hydrogens (tertiary/aromatic N) is 1. The molecule has 2 amide bonds.